The lowest BCUT2D eigenvalue weighted by molar-refractivity contribution is -0.117. The van der Waals surface area contributed by atoms with E-state index in [2.05, 4.69) is 20.9 Å². The van der Waals surface area contributed by atoms with Crippen molar-refractivity contribution in [3.05, 3.63) is 34.4 Å². The molecule has 0 atom stereocenters. The zero-order valence-corrected chi connectivity index (χ0v) is 12.4. The minimum absolute atomic E-state index is 0.0891. The Morgan fingerprint density at radius 2 is 1.90 bits per heavy atom. The van der Waals surface area contributed by atoms with Crippen LogP contribution in [0.25, 0.3) is 0 Å². The van der Waals surface area contributed by atoms with Gasteiger partial charge in [0.15, 0.2) is 5.82 Å². The smallest absolute Gasteiger partial charge is 0.246 e. The van der Waals surface area contributed by atoms with E-state index in [4.69, 9.17) is 23.2 Å². The number of nitrogens with one attached hydrogen (secondary N) is 2. The standard InChI is InChI=1S/C12H11Cl2N5O2/c1-7(20)15-10-5-19(18-17-10)6-11(21)16-12-8(13)3-2-4-9(12)14/h2-5H,6H2,1H3,(H,15,20)(H,16,21). The Labute approximate surface area is 130 Å². The molecule has 0 bridgehead atoms. The predicted octanol–water partition coefficient (Wildman–Crippen LogP) is 2.18. The van der Waals surface area contributed by atoms with Crippen LogP contribution in [0.1, 0.15) is 6.92 Å². The van der Waals surface area contributed by atoms with Gasteiger partial charge in [-0.3, -0.25) is 9.59 Å². The van der Waals surface area contributed by atoms with Gasteiger partial charge < -0.3 is 10.6 Å². The Hall–Kier alpha value is -2.12. The molecule has 0 aliphatic rings. The first kappa shape index (κ1) is 15.3. The van der Waals surface area contributed by atoms with Gasteiger partial charge in [-0.1, -0.05) is 34.5 Å². The molecule has 2 aromatic rings. The Kier molecular flexibility index (Phi) is 4.77. The molecule has 0 unspecified atom stereocenters. The second kappa shape index (κ2) is 6.55. The largest absolute Gasteiger partial charge is 0.322 e. The molecule has 2 N–H and O–H groups in total. The summed E-state index contributed by atoms with van der Waals surface area (Å²) in [7, 11) is 0. The van der Waals surface area contributed by atoms with Crippen LogP contribution < -0.4 is 10.6 Å². The maximum absolute atomic E-state index is 11.9. The van der Waals surface area contributed by atoms with E-state index in [1.807, 2.05) is 0 Å². The van der Waals surface area contributed by atoms with Crippen LogP contribution in [0.4, 0.5) is 11.5 Å². The van der Waals surface area contributed by atoms with Gasteiger partial charge in [0.05, 0.1) is 21.9 Å². The molecule has 21 heavy (non-hydrogen) atoms. The molecule has 110 valence electrons. The van der Waals surface area contributed by atoms with E-state index in [-0.39, 0.29) is 24.2 Å². The normalized spacial score (nSPS) is 10.2. The van der Waals surface area contributed by atoms with Crippen molar-refractivity contribution >= 4 is 46.5 Å². The fourth-order valence-corrected chi connectivity index (χ4v) is 2.05. The molecule has 9 heteroatoms. The fraction of sp³-hybridized carbons (Fsp3) is 0.167. The van der Waals surface area contributed by atoms with Crippen LogP contribution in [0.3, 0.4) is 0 Å². The van der Waals surface area contributed by atoms with Crippen molar-refractivity contribution in [2.75, 3.05) is 10.6 Å². The number of rotatable bonds is 4. The highest BCUT2D eigenvalue weighted by Gasteiger charge is 2.11. The van der Waals surface area contributed by atoms with Crippen molar-refractivity contribution in [1.29, 1.82) is 0 Å². The summed E-state index contributed by atoms with van der Waals surface area (Å²) in [6.45, 7) is 1.26. The molecule has 1 aromatic carbocycles. The van der Waals surface area contributed by atoms with Gasteiger partial charge in [0.25, 0.3) is 0 Å². The topological polar surface area (TPSA) is 88.9 Å². The molecule has 1 aromatic heterocycles. The van der Waals surface area contributed by atoms with Gasteiger partial charge in [0.2, 0.25) is 11.8 Å². The number of benzene rings is 1. The summed E-state index contributed by atoms with van der Waals surface area (Å²) in [5.74, 6) is -0.371. The first-order valence-corrected chi connectivity index (χ1v) is 6.63. The molecule has 1 heterocycles. The molecular formula is C12H11Cl2N5O2. The highest BCUT2D eigenvalue weighted by atomic mass is 35.5. The number of nitrogens with zero attached hydrogens (tertiary/aromatic N) is 3. The number of hydrogen-bond acceptors (Lipinski definition) is 4. The van der Waals surface area contributed by atoms with Crippen LogP contribution in [0, 0.1) is 0 Å². The van der Waals surface area contributed by atoms with Crippen LogP contribution >= 0.6 is 23.2 Å². The van der Waals surface area contributed by atoms with Crippen molar-refractivity contribution < 1.29 is 9.59 Å². The van der Waals surface area contributed by atoms with Crippen LogP contribution in [0.15, 0.2) is 24.4 Å². The number of para-hydroxylation sites is 1. The number of carbonyl (C=O) groups excluding carboxylic acids is 2. The number of aromatic nitrogens is 3. The van der Waals surface area contributed by atoms with Crippen molar-refractivity contribution in [1.82, 2.24) is 15.0 Å². The molecular weight excluding hydrogens is 317 g/mol. The number of hydrogen-bond donors (Lipinski definition) is 2. The average molecular weight is 328 g/mol. The van der Waals surface area contributed by atoms with E-state index >= 15 is 0 Å². The quantitative estimate of drug-likeness (QED) is 0.900. The van der Waals surface area contributed by atoms with Crippen molar-refractivity contribution in [3.63, 3.8) is 0 Å². The van der Waals surface area contributed by atoms with Crippen LogP contribution in [0.2, 0.25) is 10.0 Å². The first-order chi connectivity index (χ1) is 9.95. The molecule has 0 aliphatic heterocycles. The molecule has 0 saturated carbocycles. The third-order valence-electron chi connectivity index (χ3n) is 2.38. The van der Waals surface area contributed by atoms with Gasteiger partial charge in [-0.2, -0.15) is 0 Å². The number of anilines is 2. The molecule has 2 amide bonds. The van der Waals surface area contributed by atoms with Crippen LogP contribution in [-0.2, 0) is 16.1 Å². The Balaban J connectivity index is 2.02. The SMILES string of the molecule is CC(=O)Nc1cn(CC(=O)Nc2c(Cl)cccc2Cl)nn1. The van der Waals surface area contributed by atoms with Crippen molar-refractivity contribution in [2.24, 2.45) is 0 Å². The lowest BCUT2D eigenvalue weighted by atomic mass is 10.3. The van der Waals surface area contributed by atoms with Crippen LogP contribution in [0.5, 0.6) is 0 Å². The Morgan fingerprint density at radius 1 is 1.24 bits per heavy atom. The summed E-state index contributed by atoms with van der Waals surface area (Å²) >= 11 is 11.9. The predicted molar refractivity (Wildman–Crippen MR) is 79.4 cm³/mol. The van der Waals surface area contributed by atoms with Crippen molar-refractivity contribution in [3.8, 4) is 0 Å². The van der Waals surface area contributed by atoms with Gasteiger partial charge in [-0.15, -0.1) is 5.10 Å². The lowest BCUT2D eigenvalue weighted by Crippen LogP contribution is -2.19. The molecule has 0 aliphatic carbocycles. The highest BCUT2D eigenvalue weighted by molar-refractivity contribution is 6.39. The van der Waals surface area contributed by atoms with Crippen molar-refractivity contribution in [2.45, 2.75) is 13.5 Å². The second-order valence-electron chi connectivity index (χ2n) is 4.13. The van der Waals surface area contributed by atoms with Gasteiger partial charge >= 0.3 is 0 Å². The summed E-state index contributed by atoms with van der Waals surface area (Å²) < 4.78 is 1.28. The molecule has 7 nitrogen and oxygen atoms in total. The summed E-state index contributed by atoms with van der Waals surface area (Å²) in [5, 5.41) is 13.2. The zero-order chi connectivity index (χ0) is 15.4. The third kappa shape index (κ3) is 4.17. The molecule has 0 saturated heterocycles. The summed E-state index contributed by atoms with van der Waals surface area (Å²) in [6, 6.07) is 4.91. The fourth-order valence-electron chi connectivity index (χ4n) is 1.56. The lowest BCUT2D eigenvalue weighted by Gasteiger charge is -2.08. The summed E-state index contributed by atoms with van der Waals surface area (Å²) in [4.78, 5) is 22.8. The maximum atomic E-state index is 11.9. The van der Waals surface area contributed by atoms with Gasteiger partial charge in [0.1, 0.15) is 6.54 Å². The van der Waals surface area contributed by atoms with Gasteiger partial charge in [-0.05, 0) is 12.1 Å². The zero-order valence-electron chi connectivity index (χ0n) is 10.9. The van der Waals surface area contributed by atoms with Crippen LogP contribution in [-0.4, -0.2) is 26.8 Å². The number of carbonyl (C=O) groups is 2. The second-order valence-corrected chi connectivity index (χ2v) is 4.94. The van der Waals surface area contributed by atoms with E-state index in [0.717, 1.165) is 0 Å². The van der Waals surface area contributed by atoms with E-state index in [1.54, 1.807) is 18.2 Å². The molecule has 0 fully saturated rings. The van der Waals surface area contributed by atoms with E-state index < -0.39 is 0 Å². The van der Waals surface area contributed by atoms with E-state index in [1.165, 1.54) is 17.8 Å². The number of amides is 2. The van der Waals surface area contributed by atoms with Gasteiger partial charge in [-0.25, -0.2) is 4.68 Å². The van der Waals surface area contributed by atoms with Gasteiger partial charge in [0, 0.05) is 6.92 Å². The molecule has 0 spiro atoms. The minimum Gasteiger partial charge on any atom is -0.322 e. The van der Waals surface area contributed by atoms with E-state index in [9.17, 15) is 9.59 Å². The third-order valence-corrected chi connectivity index (χ3v) is 3.01. The number of halogens is 2. The summed E-state index contributed by atoms with van der Waals surface area (Å²) in [6.07, 6.45) is 1.44. The monoisotopic (exact) mass is 327 g/mol. The minimum atomic E-state index is -0.371. The first-order valence-electron chi connectivity index (χ1n) is 5.87. The van der Waals surface area contributed by atoms with E-state index in [0.29, 0.717) is 15.7 Å². The maximum Gasteiger partial charge on any atom is 0.246 e. The molecule has 2 rings (SSSR count). The highest BCUT2D eigenvalue weighted by Crippen LogP contribution is 2.29. The Bertz CT molecular complexity index is 666. The average Bonchev–Trinajstić information content (AvgIpc) is 2.80. The Morgan fingerprint density at radius 3 is 2.52 bits per heavy atom. The molecule has 0 radical (unpaired) electrons. The summed E-state index contributed by atoms with van der Waals surface area (Å²) in [5.41, 5.74) is 0.341.